The number of halogens is 2. The van der Waals surface area contributed by atoms with Gasteiger partial charge in [0.15, 0.2) is 9.84 Å². The number of rotatable bonds is 9. The topological polar surface area (TPSA) is 92.3 Å². The van der Waals surface area contributed by atoms with E-state index in [4.69, 9.17) is 23.2 Å². The summed E-state index contributed by atoms with van der Waals surface area (Å²) in [5, 5.41) is 5.73. The van der Waals surface area contributed by atoms with Crippen molar-refractivity contribution in [1.82, 2.24) is 10.6 Å². The van der Waals surface area contributed by atoms with Crippen molar-refractivity contribution < 1.29 is 18.0 Å². The van der Waals surface area contributed by atoms with E-state index >= 15 is 0 Å². The molecule has 0 bridgehead atoms. The molecule has 0 heterocycles. The SMILES string of the molecule is CC(=O)NCCCCNC(=O)CCS(=O)(=O)c1ccc(Cl)c(Cl)c1. The minimum atomic E-state index is -3.59. The molecule has 0 aliphatic rings. The third kappa shape index (κ3) is 7.51. The number of hydrogen-bond acceptors (Lipinski definition) is 4. The average molecular weight is 395 g/mol. The van der Waals surface area contributed by atoms with E-state index in [2.05, 4.69) is 10.6 Å². The minimum Gasteiger partial charge on any atom is -0.356 e. The van der Waals surface area contributed by atoms with E-state index in [0.717, 1.165) is 6.42 Å². The molecule has 0 atom stereocenters. The van der Waals surface area contributed by atoms with Gasteiger partial charge in [-0.1, -0.05) is 23.2 Å². The highest BCUT2D eigenvalue weighted by molar-refractivity contribution is 7.91. The Morgan fingerprint density at radius 3 is 2.25 bits per heavy atom. The normalized spacial score (nSPS) is 11.1. The Morgan fingerprint density at radius 1 is 1.04 bits per heavy atom. The van der Waals surface area contributed by atoms with E-state index in [1.54, 1.807) is 0 Å². The Bertz CT molecular complexity index is 693. The largest absolute Gasteiger partial charge is 0.356 e. The van der Waals surface area contributed by atoms with Gasteiger partial charge in [0.2, 0.25) is 11.8 Å². The van der Waals surface area contributed by atoms with Crippen molar-refractivity contribution >= 4 is 44.9 Å². The van der Waals surface area contributed by atoms with E-state index in [1.165, 1.54) is 25.1 Å². The molecular formula is C15H20Cl2N2O4S. The molecule has 0 saturated heterocycles. The van der Waals surface area contributed by atoms with Crippen molar-refractivity contribution in [2.24, 2.45) is 0 Å². The van der Waals surface area contributed by atoms with Crippen LogP contribution in [0.15, 0.2) is 23.1 Å². The summed E-state index contributed by atoms with van der Waals surface area (Å²) >= 11 is 11.6. The first kappa shape index (κ1) is 20.7. The van der Waals surface area contributed by atoms with Crippen molar-refractivity contribution in [2.45, 2.75) is 31.1 Å². The lowest BCUT2D eigenvalue weighted by Gasteiger charge is -2.07. The number of benzene rings is 1. The van der Waals surface area contributed by atoms with Crippen molar-refractivity contribution in [2.75, 3.05) is 18.8 Å². The molecule has 0 aliphatic heterocycles. The second-order valence-electron chi connectivity index (χ2n) is 5.18. The summed E-state index contributed by atoms with van der Waals surface area (Å²) in [6, 6.07) is 4.05. The van der Waals surface area contributed by atoms with Crippen LogP contribution in [0.25, 0.3) is 0 Å². The molecule has 9 heteroatoms. The van der Waals surface area contributed by atoms with Crippen LogP contribution in [-0.2, 0) is 19.4 Å². The van der Waals surface area contributed by atoms with Gasteiger partial charge in [0.25, 0.3) is 0 Å². The molecule has 0 aromatic heterocycles. The van der Waals surface area contributed by atoms with Crippen molar-refractivity contribution in [3.8, 4) is 0 Å². The third-order valence-corrected chi connectivity index (χ3v) is 5.60. The fourth-order valence-electron chi connectivity index (χ4n) is 1.85. The number of unbranched alkanes of at least 4 members (excludes halogenated alkanes) is 1. The smallest absolute Gasteiger partial charge is 0.221 e. The fourth-order valence-corrected chi connectivity index (χ4v) is 3.47. The van der Waals surface area contributed by atoms with E-state index < -0.39 is 9.84 Å². The second-order valence-corrected chi connectivity index (χ2v) is 8.11. The van der Waals surface area contributed by atoms with E-state index in [1.807, 2.05) is 0 Å². The van der Waals surface area contributed by atoms with Gasteiger partial charge in [0.1, 0.15) is 0 Å². The number of sulfone groups is 1. The molecule has 24 heavy (non-hydrogen) atoms. The Kier molecular flexibility index (Phi) is 8.52. The number of carbonyl (C=O) groups is 2. The van der Waals surface area contributed by atoms with Gasteiger partial charge < -0.3 is 10.6 Å². The van der Waals surface area contributed by atoms with Gasteiger partial charge in [-0.3, -0.25) is 9.59 Å². The van der Waals surface area contributed by atoms with Gasteiger partial charge in [0, 0.05) is 26.4 Å². The first-order valence-corrected chi connectivity index (χ1v) is 9.82. The molecule has 6 nitrogen and oxygen atoms in total. The molecule has 0 spiro atoms. The fraction of sp³-hybridized carbons (Fsp3) is 0.467. The maximum Gasteiger partial charge on any atom is 0.221 e. The third-order valence-electron chi connectivity index (χ3n) is 3.15. The average Bonchev–Trinajstić information content (AvgIpc) is 2.51. The number of carbonyl (C=O) groups excluding carboxylic acids is 2. The zero-order valence-electron chi connectivity index (χ0n) is 13.3. The highest BCUT2D eigenvalue weighted by Gasteiger charge is 2.17. The molecule has 1 aromatic rings. The van der Waals surface area contributed by atoms with Gasteiger partial charge in [-0.25, -0.2) is 8.42 Å². The predicted molar refractivity (Wildman–Crippen MR) is 94.1 cm³/mol. The summed E-state index contributed by atoms with van der Waals surface area (Å²) in [5.41, 5.74) is 0. The van der Waals surface area contributed by atoms with Crippen LogP contribution in [0.2, 0.25) is 10.0 Å². The number of nitrogens with one attached hydrogen (secondary N) is 2. The summed E-state index contributed by atoms with van der Waals surface area (Å²) in [5.74, 6) is -0.729. The summed E-state index contributed by atoms with van der Waals surface area (Å²) in [4.78, 5) is 22.4. The van der Waals surface area contributed by atoms with Crippen LogP contribution in [0.1, 0.15) is 26.2 Å². The minimum absolute atomic E-state index is 0.0417. The lowest BCUT2D eigenvalue weighted by Crippen LogP contribution is -2.27. The molecule has 0 aliphatic carbocycles. The van der Waals surface area contributed by atoms with Gasteiger partial charge in [-0.15, -0.1) is 0 Å². The predicted octanol–water partition coefficient (Wildman–Crippen LogP) is 2.19. The number of amides is 2. The highest BCUT2D eigenvalue weighted by atomic mass is 35.5. The molecule has 0 radical (unpaired) electrons. The summed E-state index contributed by atoms with van der Waals surface area (Å²) in [6.07, 6.45) is 1.31. The maximum atomic E-state index is 12.2. The van der Waals surface area contributed by atoms with Gasteiger partial charge >= 0.3 is 0 Å². The summed E-state index contributed by atoms with van der Waals surface area (Å²) in [7, 11) is -3.59. The molecule has 2 amide bonds. The van der Waals surface area contributed by atoms with Gasteiger partial charge in [0.05, 0.1) is 20.7 Å². The quantitative estimate of drug-likeness (QED) is 0.627. The first-order valence-electron chi connectivity index (χ1n) is 7.41. The molecule has 0 unspecified atom stereocenters. The van der Waals surface area contributed by atoms with Crippen molar-refractivity contribution in [3.05, 3.63) is 28.2 Å². The number of hydrogen-bond donors (Lipinski definition) is 2. The Hall–Kier alpha value is -1.31. The van der Waals surface area contributed by atoms with Crippen LogP contribution in [0, 0.1) is 0 Å². The molecule has 2 N–H and O–H groups in total. The highest BCUT2D eigenvalue weighted by Crippen LogP contribution is 2.25. The van der Waals surface area contributed by atoms with Crippen molar-refractivity contribution in [1.29, 1.82) is 0 Å². The molecule has 1 rings (SSSR count). The Morgan fingerprint density at radius 2 is 1.67 bits per heavy atom. The van der Waals surface area contributed by atoms with Crippen LogP contribution >= 0.6 is 23.2 Å². The molecule has 134 valence electrons. The molecule has 0 saturated carbocycles. The van der Waals surface area contributed by atoms with E-state index in [0.29, 0.717) is 19.5 Å². The zero-order valence-corrected chi connectivity index (χ0v) is 15.6. The van der Waals surface area contributed by atoms with Gasteiger partial charge in [-0.05, 0) is 31.0 Å². The molecule has 0 fully saturated rings. The summed E-state index contributed by atoms with van der Waals surface area (Å²) < 4.78 is 24.3. The molecular weight excluding hydrogens is 375 g/mol. The maximum absolute atomic E-state index is 12.2. The zero-order chi connectivity index (χ0) is 18.2. The van der Waals surface area contributed by atoms with Gasteiger partial charge in [-0.2, -0.15) is 0 Å². The first-order chi connectivity index (χ1) is 11.2. The van der Waals surface area contributed by atoms with Crippen LogP contribution < -0.4 is 10.6 Å². The van der Waals surface area contributed by atoms with Crippen LogP contribution in [0.3, 0.4) is 0 Å². The lowest BCUT2D eigenvalue weighted by atomic mass is 10.3. The second kappa shape index (κ2) is 9.86. The standard InChI is InChI=1S/C15H20Cl2N2O4S/c1-11(20)18-7-2-3-8-19-15(21)6-9-24(22,23)12-4-5-13(16)14(17)10-12/h4-5,10H,2-3,6-9H2,1H3,(H,18,20)(H,19,21). The summed E-state index contributed by atoms with van der Waals surface area (Å²) in [6.45, 7) is 2.43. The Balaban J connectivity index is 2.35. The van der Waals surface area contributed by atoms with Crippen LogP contribution in [0.5, 0.6) is 0 Å². The van der Waals surface area contributed by atoms with E-state index in [-0.39, 0.29) is 38.9 Å². The monoisotopic (exact) mass is 394 g/mol. The van der Waals surface area contributed by atoms with E-state index in [9.17, 15) is 18.0 Å². The van der Waals surface area contributed by atoms with Crippen molar-refractivity contribution in [3.63, 3.8) is 0 Å². The molecule has 1 aromatic carbocycles. The lowest BCUT2D eigenvalue weighted by molar-refractivity contribution is -0.121. The Labute approximate surface area is 151 Å². The van der Waals surface area contributed by atoms with Crippen LogP contribution in [0.4, 0.5) is 0 Å². The van der Waals surface area contributed by atoms with Crippen LogP contribution in [-0.4, -0.2) is 39.1 Å².